The summed E-state index contributed by atoms with van der Waals surface area (Å²) in [6, 6.07) is 7.29. The zero-order valence-corrected chi connectivity index (χ0v) is 11.6. The lowest BCUT2D eigenvalue weighted by Crippen LogP contribution is -2.35. The molecule has 1 atom stereocenters. The molecule has 5 heteroatoms. The van der Waals surface area contributed by atoms with E-state index in [1.54, 1.807) is 19.1 Å². The van der Waals surface area contributed by atoms with Gasteiger partial charge in [0.25, 0.3) is 0 Å². The number of halogens is 3. The van der Waals surface area contributed by atoms with Gasteiger partial charge in [0, 0.05) is 18.3 Å². The first kappa shape index (κ1) is 15.8. The number of alkyl halides is 3. The van der Waals surface area contributed by atoms with Crippen LogP contribution in [0.1, 0.15) is 32.4 Å². The molecule has 0 saturated carbocycles. The molecule has 1 N–H and O–H groups in total. The Morgan fingerprint density at radius 3 is 2.37 bits per heavy atom. The van der Waals surface area contributed by atoms with Gasteiger partial charge in [-0.15, -0.1) is 0 Å². The molecule has 1 rings (SSSR count). The van der Waals surface area contributed by atoms with Crippen molar-refractivity contribution in [1.82, 2.24) is 5.32 Å². The highest BCUT2D eigenvalue weighted by molar-refractivity contribution is 5.55. The van der Waals surface area contributed by atoms with E-state index in [2.05, 4.69) is 5.32 Å². The highest BCUT2D eigenvalue weighted by atomic mass is 19.4. The van der Waals surface area contributed by atoms with E-state index in [1.807, 2.05) is 26.0 Å². The van der Waals surface area contributed by atoms with Gasteiger partial charge < -0.3 is 10.2 Å². The maximum atomic E-state index is 12.6. The van der Waals surface area contributed by atoms with Crippen molar-refractivity contribution < 1.29 is 13.2 Å². The van der Waals surface area contributed by atoms with Crippen molar-refractivity contribution >= 4 is 5.69 Å². The van der Waals surface area contributed by atoms with E-state index in [0.29, 0.717) is 12.2 Å². The largest absolute Gasteiger partial charge is 0.405 e. The van der Waals surface area contributed by atoms with Gasteiger partial charge in [-0.2, -0.15) is 13.2 Å². The molecule has 108 valence electrons. The Hall–Kier alpha value is -1.23. The molecule has 1 aromatic rings. The molecule has 0 amide bonds. The maximum absolute atomic E-state index is 12.6. The van der Waals surface area contributed by atoms with E-state index in [-0.39, 0.29) is 6.04 Å². The number of para-hydroxylation sites is 1. The average molecular weight is 274 g/mol. The third-order valence-electron chi connectivity index (χ3n) is 3.01. The fraction of sp³-hybridized carbons (Fsp3) is 0.571. The molecule has 0 aromatic heterocycles. The number of benzene rings is 1. The van der Waals surface area contributed by atoms with Crippen LogP contribution in [0.2, 0.25) is 0 Å². The maximum Gasteiger partial charge on any atom is 0.405 e. The molecular weight excluding hydrogens is 253 g/mol. The first-order chi connectivity index (χ1) is 8.89. The minimum atomic E-state index is -4.19. The summed E-state index contributed by atoms with van der Waals surface area (Å²) in [7, 11) is 0. The molecule has 1 unspecified atom stereocenters. The van der Waals surface area contributed by atoms with Gasteiger partial charge in [0.2, 0.25) is 0 Å². The van der Waals surface area contributed by atoms with E-state index in [9.17, 15) is 13.2 Å². The Morgan fingerprint density at radius 1 is 1.21 bits per heavy atom. The van der Waals surface area contributed by atoms with Crippen LogP contribution >= 0.6 is 0 Å². The fourth-order valence-electron chi connectivity index (χ4n) is 2.14. The van der Waals surface area contributed by atoms with Crippen molar-refractivity contribution in [2.75, 3.05) is 24.5 Å². The van der Waals surface area contributed by atoms with Gasteiger partial charge in [0.1, 0.15) is 6.54 Å². The van der Waals surface area contributed by atoms with E-state index in [1.165, 1.54) is 4.90 Å². The number of rotatable bonds is 6. The molecule has 1 aromatic carbocycles. The summed E-state index contributed by atoms with van der Waals surface area (Å²) in [4.78, 5) is 1.36. The van der Waals surface area contributed by atoms with Crippen molar-refractivity contribution in [3.63, 3.8) is 0 Å². The van der Waals surface area contributed by atoms with Crippen LogP contribution in [0.5, 0.6) is 0 Å². The van der Waals surface area contributed by atoms with Crippen LogP contribution in [0.4, 0.5) is 18.9 Å². The average Bonchev–Trinajstić information content (AvgIpc) is 2.35. The van der Waals surface area contributed by atoms with E-state index in [0.717, 1.165) is 12.1 Å². The van der Waals surface area contributed by atoms with Gasteiger partial charge >= 0.3 is 6.18 Å². The Labute approximate surface area is 112 Å². The van der Waals surface area contributed by atoms with Gasteiger partial charge in [-0.3, -0.25) is 0 Å². The van der Waals surface area contributed by atoms with Crippen LogP contribution in [0.3, 0.4) is 0 Å². The monoisotopic (exact) mass is 274 g/mol. The lowest BCUT2D eigenvalue weighted by molar-refractivity contribution is -0.119. The van der Waals surface area contributed by atoms with Crippen LogP contribution in [-0.2, 0) is 0 Å². The minimum Gasteiger partial charge on any atom is -0.363 e. The summed E-state index contributed by atoms with van der Waals surface area (Å²) in [5.41, 5.74) is 1.55. The number of hydrogen-bond donors (Lipinski definition) is 1. The predicted molar refractivity (Wildman–Crippen MR) is 72.5 cm³/mol. The fourth-order valence-corrected chi connectivity index (χ4v) is 2.14. The molecular formula is C14H21F3N2. The Balaban J connectivity index is 3.03. The SMILES string of the molecule is CCNC(C)c1ccccc1N(CC)CC(F)(F)F. The van der Waals surface area contributed by atoms with Crippen LogP contribution in [0, 0.1) is 0 Å². The van der Waals surface area contributed by atoms with Crippen molar-refractivity contribution in [2.24, 2.45) is 0 Å². The smallest absolute Gasteiger partial charge is 0.363 e. The number of nitrogens with zero attached hydrogens (tertiary/aromatic N) is 1. The summed E-state index contributed by atoms with van der Waals surface area (Å²) in [6.45, 7) is 5.87. The third kappa shape index (κ3) is 4.74. The highest BCUT2D eigenvalue weighted by Crippen LogP contribution is 2.28. The zero-order valence-electron chi connectivity index (χ0n) is 11.6. The molecule has 0 saturated heterocycles. The predicted octanol–water partition coefficient (Wildman–Crippen LogP) is 3.75. The molecule has 0 aliphatic rings. The topological polar surface area (TPSA) is 15.3 Å². The van der Waals surface area contributed by atoms with Crippen LogP contribution in [0.25, 0.3) is 0 Å². The van der Waals surface area contributed by atoms with Gasteiger partial charge in [0.15, 0.2) is 0 Å². The van der Waals surface area contributed by atoms with E-state index in [4.69, 9.17) is 0 Å². The van der Waals surface area contributed by atoms with Crippen molar-refractivity contribution in [3.8, 4) is 0 Å². The second kappa shape index (κ2) is 6.80. The molecule has 0 fully saturated rings. The number of anilines is 1. The summed E-state index contributed by atoms with van der Waals surface area (Å²) in [6.07, 6.45) is -4.19. The van der Waals surface area contributed by atoms with Gasteiger partial charge in [-0.1, -0.05) is 25.1 Å². The lowest BCUT2D eigenvalue weighted by atomic mass is 10.0. The van der Waals surface area contributed by atoms with Crippen molar-refractivity contribution in [3.05, 3.63) is 29.8 Å². The quantitative estimate of drug-likeness (QED) is 0.850. The van der Waals surface area contributed by atoms with Crippen LogP contribution < -0.4 is 10.2 Å². The number of nitrogens with one attached hydrogen (secondary N) is 1. The first-order valence-electron chi connectivity index (χ1n) is 6.53. The second-order valence-electron chi connectivity index (χ2n) is 4.47. The van der Waals surface area contributed by atoms with Crippen LogP contribution in [0.15, 0.2) is 24.3 Å². The first-order valence-corrected chi connectivity index (χ1v) is 6.53. The lowest BCUT2D eigenvalue weighted by Gasteiger charge is -2.28. The molecule has 0 bridgehead atoms. The Kier molecular flexibility index (Phi) is 5.66. The standard InChI is InChI=1S/C14H21F3N2/c1-4-18-11(3)12-8-6-7-9-13(12)19(5-2)10-14(15,16)17/h6-9,11,18H,4-5,10H2,1-3H3. The molecule has 0 spiro atoms. The molecule has 0 aliphatic heterocycles. The Morgan fingerprint density at radius 2 is 1.84 bits per heavy atom. The normalized spacial score (nSPS) is 13.4. The molecule has 0 radical (unpaired) electrons. The number of hydrogen-bond acceptors (Lipinski definition) is 2. The van der Waals surface area contributed by atoms with Gasteiger partial charge in [-0.05, 0) is 32.0 Å². The zero-order chi connectivity index (χ0) is 14.5. The van der Waals surface area contributed by atoms with Gasteiger partial charge in [0.05, 0.1) is 0 Å². The highest BCUT2D eigenvalue weighted by Gasteiger charge is 2.31. The second-order valence-corrected chi connectivity index (χ2v) is 4.47. The summed E-state index contributed by atoms with van der Waals surface area (Å²) in [5.74, 6) is 0. The molecule has 0 aliphatic carbocycles. The van der Waals surface area contributed by atoms with Crippen LogP contribution in [-0.4, -0.2) is 25.8 Å². The van der Waals surface area contributed by atoms with Crippen molar-refractivity contribution in [2.45, 2.75) is 33.0 Å². The van der Waals surface area contributed by atoms with E-state index < -0.39 is 12.7 Å². The van der Waals surface area contributed by atoms with E-state index >= 15 is 0 Å². The molecule has 0 heterocycles. The summed E-state index contributed by atoms with van der Waals surface area (Å²) >= 11 is 0. The van der Waals surface area contributed by atoms with Gasteiger partial charge in [-0.25, -0.2) is 0 Å². The summed E-state index contributed by atoms with van der Waals surface area (Å²) in [5, 5.41) is 3.24. The summed E-state index contributed by atoms with van der Waals surface area (Å²) < 4.78 is 37.8. The minimum absolute atomic E-state index is 0.0310. The Bertz CT molecular complexity index is 391. The molecule has 19 heavy (non-hydrogen) atoms. The third-order valence-corrected chi connectivity index (χ3v) is 3.01. The van der Waals surface area contributed by atoms with Crippen molar-refractivity contribution in [1.29, 1.82) is 0 Å². The molecule has 2 nitrogen and oxygen atoms in total.